The van der Waals surface area contributed by atoms with Gasteiger partial charge in [0.15, 0.2) is 0 Å². The van der Waals surface area contributed by atoms with Crippen LogP contribution in [0, 0.1) is 5.92 Å². The molecule has 0 aromatic carbocycles. The van der Waals surface area contributed by atoms with Crippen molar-refractivity contribution in [1.82, 2.24) is 4.90 Å². The number of nitrogens with zero attached hydrogens (tertiary/aromatic N) is 1. The van der Waals surface area contributed by atoms with Crippen LogP contribution < -0.4 is 5.73 Å². The van der Waals surface area contributed by atoms with Crippen molar-refractivity contribution in [1.29, 1.82) is 0 Å². The number of ether oxygens (including phenoxy) is 2. The number of methoxy groups -OCH3 is 1. The fourth-order valence-corrected chi connectivity index (χ4v) is 2.07. The van der Waals surface area contributed by atoms with E-state index in [9.17, 15) is 0 Å². The molecule has 0 aromatic rings. The second-order valence-electron chi connectivity index (χ2n) is 4.87. The summed E-state index contributed by atoms with van der Waals surface area (Å²) >= 11 is 0. The highest BCUT2D eigenvalue weighted by atomic mass is 16.5. The predicted octanol–water partition coefficient (Wildman–Crippen LogP) is 0.707. The highest BCUT2D eigenvalue weighted by molar-refractivity contribution is 4.80. The Bertz CT molecular complexity index is 188. The maximum atomic E-state index is 6.12. The van der Waals surface area contributed by atoms with Crippen LogP contribution in [-0.2, 0) is 9.47 Å². The van der Waals surface area contributed by atoms with E-state index in [0.717, 1.165) is 39.3 Å². The van der Waals surface area contributed by atoms with Crippen molar-refractivity contribution in [3.05, 3.63) is 0 Å². The lowest BCUT2D eigenvalue weighted by Crippen LogP contribution is -2.47. The molecule has 16 heavy (non-hydrogen) atoms. The molecule has 0 amide bonds. The highest BCUT2D eigenvalue weighted by Gasteiger charge is 2.25. The molecule has 96 valence electrons. The molecule has 0 aliphatic carbocycles. The van der Waals surface area contributed by atoms with Crippen LogP contribution in [-0.4, -0.2) is 57.0 Å². The van der Waals surface area contributed by atoms with Gasteiger partial charge in [0, 0.05) is 44.8 Å². The second kappa shape index (κ2) is 7.22. The van der Waals surface area contributed by atoms with Gasteiger partial charge < -0.3 is 15.2 Å². The molecule has 0 spiro atoms. The summed E-state index contributed by atoms with van der Waals surface area (Å²) < 4.78 is 10.6. The van der Waals surface area contributed by atoms with Crippen LogP contribution in [0.15, 0.2) is 0 Å². The lowest BCUT2D eigenvalue weighted by atomic mass is 9.95. The van der Waals surface area contributed by atoms with Crippen LogP contribution in [0.3, 0.4) is 0 Å². The van der Waals surface area contributed by atoms with Gasteiger partial charge in [-0.3, -0.25) is 4.90 Å². The molecule has 0 bridgehead atoms. The molecule has 1 fully saturated rings. The molecular weight excluding hydrogens is 204 g/mol. The standard InChI is InChI=1S/C12H26N2O2/c1-10(2)14(5-7-15-3)8-11-9-16-6-4-12(11)13/h10-12H,4-9,13H2,1-3H3. The molecule has 2 unspecified atom stereocenters. The minimum atomic E-state index is 0.289. The Kier molecular flexibility index (Phi) is 6.28. The van der Waals surface area contributed by atoms with Crippen molar-refractivity contribution < 1.29 is 9.47 Å². The number of hydrogen-bond acceptors (Lipinski definition) is 4. The third-order valence-corrected chi connectivity index (χ3v) is 3.31. The Labute approximate surface area is 99.1 Å². The van der Waals surface area contributed by atoms with Crippen molar-refractivity contribution in [2.45, 2.75) is 32.4 Å². The molecule has 4 heteroatoms. The van der Waals surface area contributed by atoms with Gasteiger partial charge in [0.05, 0.1) is 13.2 Å². The van der Waals surface area contributed by atoms with Crippen LogP contribution in [0.4, 0.5) is 0 Å². The monoisotopic (exact) mass is 230 g/mol. The topological polar surface area (TPSA) is 47.7 Å². The third kappa shape index (κ3) is 4.37. The maximum absolute atomic E-state index is 6.12. The van der Waals surface area contributed by atoms with Crippen molar-refractivity contribution in [3.63, 3.8) is 0 Å². The van der Waals surface area contributed by atoms with Gasteiger partial charge in [-0.15, -0.1) is 0 Å². The lowest BCUT2D eigenvalue weighted by molar-refractivity contribution is 0.0168. The van der Waals surface area contributed by atoms with E-state index in [0.29, 0.717) is 12.0 Å². The summed E-state index contributed by atoms with van der Waals surface area (Å²) in [5, 5.41) is 0. The largest absolute Gasteiger partial charge is 0.383 e. The summed E-state index contributed by atoms with van der Waals surface area (Å²) in [6.45, 7) is 8.81. The van der Waals surface area contributed by atoms with E-state index in [4.69, 9.17) is 15.2 Å². The summed E-state index contributed by atoms with van der Waals surface area (Å²) in [5.74, 6) is 0.466. The Morgan fingerprint density at radius 3 is 2.81 bits per heavy atom. The minimum Gasteiger partial charge on any atom is -0.383 e. The first-order valence-corrected chi connectivity index (χ1v) is 6.21. The molecule has 1 aliphatic rings. The minimum absolute atomic E-state index is 0.289. The van der Waals surface area contributed by atoms with Crippen molar-refractivity contribution in [2.75, 3.05) is 40.0 Å². The Balaban J connectivity index is 2.39. The van der Waals surface area contributed by atoms with Gasteiger partial charge in [-0.05, 0) is 20.3 Å². The second-order valence-corrected chi connectivity index (χ2v) is 4.87. The van der Waals surface area contributed by atoms with Gasteiger partial charge in [-0.2, -0.15) is 0 Å². The zero-order valence-corrected chi connectivity index (χ0v) is 10.8. The molecule has 2 atom stereocenters. The van der Waals surface area contributed by atoms with Crippen LogP contribution in [0.5, 0.6) is 0 Å². The van der Waals surface area contributed by atoms with E-state index in [1.54, 1.807) is 7.11 Å². The van der Waals surface area contributed by atoms with Crippen LogP contribution in [0.1, 0.15) is 20.3 Å². The smallest absolute Gasteiger partial charge is 0.0589 e. The average molecular weight is 230 g/mol. The first kappa shape index (κ1) is 13.9. The molecule has 0 radical (unpaired) electrons. The summed E-state index contributed by atoms with van der Waals surface area (Å²) in [4.78, 5) is 2.42. The summed E-state index contributed by atoms with van der Waals surface area (Å²) in [6.07, 6.45) is 0.987. The van der Waals surface area contributed by atoms with Gasteiger partial charge in [-0.25, -0.2) is 0 Å². The zero-order chi connectivity index (χ0) is 12.0. The number of hydrogen-bond donors (Lipinski definition) is 1. The quantitative estimate of drug-likeness (QED) is 0.730. The van der Waals surface area contributed by atoms with E-state index < -0.39 is 0 Å². The first-order chi connectivity index (χ1) is 7.65. The van der Waals surface area contributed by atoms with Crippen LogP contribution >= 0.6 is 0 Å². The van der Waals surface area contributed by atoms with Gasteiger partial charge >= 0.3 is 0 Å². The predicted molar refractivity (Wildman–Crippen MR) is 65.5 cm³/mol. The molecule has 1 saturated heterocycles. The van der Waals surface area contributed by atoms with E-state index >= 15 is 0 Å². The molecule has 1 rings (SSSR count). The lowest BCUT2D eigenvalue weighted by Gasteiger charge is -2.35. The normalized spacial score (nSPS) is 26.6. The third-order valence-electron chi connectivity index (χ3n) is 3.31. The van der Waals surface area contributed by atoms with Crippen molar-refractivity contribution in [2.24, 2.45) is 11.7 Å². The summed E-state index contributed by atoms with van der Waals surface area (Å²) in [6, 6.07) is 0.821. The average Bonchev–Trinajstić information content (AvgIpc) is 2.26. The molecule has 4 nitrogen and oxygen atoms in total. The molecule has 2 N–H and O–H groups in total. The Morgan fingerprint density at radius 1 is 1.50 bits per heavy atom. The summed E-state index contributed by atoms with van der Waals surface area (Å²) in [5.41, 5.74) is 6.12. The van der Waals surface area contributed by atoms with Gasteiger partial charge in [-0.1, -0.05) is 0 Å². The van der Waals surface area contributed by atoms with E-state index in [-0.39, 0.29) is 6.04 Å². The van der Waals surface area contributed by atoms with Crippen LogP contribution in [0.2, 0.25) is 0 Å². The van der Waals surface area contributed by atoms with Crippen molar-refractivity contribution in [3.8, 4) is 0 Å². The highest BCUT2D eigenvalue weighted by Crippen LogP contribution is 2.15. The zero-order valence-electron chi connectivity index (χ0n) is 10.8. The van der Waals surface area contributed by atoms with Crippen LogP contribution in [0.25, 0.3) is 0 Å². The SMILES string of the molecule is COCCN(CC1COCCC1N)C(C)C. The van der Waals surface area contributed by atoms with Gasteiger partial charge in [0.1, 0.15) is 0 Å². The Hall–Kier alpha value is -0.160. The van der Waals surface area contributed by atoms with Gasteiger partial charge in [0.25, 0.3) is 0 Å². The molecular formula is C12H26N2O2. The molecule has 0 saturated carbocycles. The number of rotatable bonds is 6. The molecule has 1 heterocycles. The molecule has 0 aromatic heterocycles. The maximum Gasteiger partial charge on any atom is 0.0589 e. The number of nitrogens with two attached hydrogens (primary N) is 1. The summed E-state index contributed by atoms with van der Waals surface area (Å²) in [7, 11) is 1.74. The fourth-order valence-electron chi connectivity index (χ4n) is 2.07. The van der Waals surface area contributed by atoms with E-state index in [1.165, 1.54) is 0 Å². The Morgan fingerprint density at radius 2 is 2.25 bits per heavy atom. The van der Waals surface area contributed by atoms with E-state index in [2.05, 4.69) is 18.7 Å². The van der Waals surface area contributed by atoms with Crippen molar-refractivity contribution >= 4 is 0 Å². The first-order valence-electron chi connectivity index (χ1n) is 6.21. The fraction of sp³-hybridized carbons (Fsp3) is 1.00. The van der Waals surface area contributed by atoms with Gasteiger partial charge in [0.2, 0.25) is 0 Å². The van der Waals surface area contributed by atoms with E-state index in [1.807, 2.05) is 0 Å². The molecule has 1 aliphatic heterocycles.